The first kappa shape index (κ1) is 13.5. The largest absolute Gasteiger partial charge is 0.417 e. The third-order valence-corrected chi connectivity index (χ3v) is 3.81. The third kappa shape index (κ3) is 2.88. The van der Waals surface area contributed by atoms with Gasteiger partial charge in [-0.25, -0.2) is 4.98 Å². The molecule has 1 aromatic heterocycles. The van der Waals surface area contributed by atoms with Crippen molar-refractivity contribution < 1.29 is 13.2 Å². The number of rotatable bonds is 3. The first-order valence-electron chi connectivity index (χ1n) is 5.83. The molecule has 1 N–H and O–H groups in total. The lowest BCUT2D eigenvalue weighted by molar-refractivity contribution is -0.137. The highest BCUT2D eigenvalue weighted by atomic mass is 35.5. The maximum Gasteiger partial charge on any atom is 0.417 e. The zero-order valence-electron chi connectivity index (χ0n) is 9.73. The molecule has 0 spiro atoms. The Balaban J connectivity index is 2.11. The molecule has 0 atom stereocenters. The van der Waals surface area contributed by atoms with Crippen molar-refractivity contribution in [2.75, 3.05) is 11.2 Å². The van der Waals surface area contributed by atoms with Crippen molar-refractivity contribution in [3.8, 4) is 0 Å². The minimum absolute atomic E-state index is 0.214. The van der Waals surface area contributed by atoms with Gasteiger partial charge in [0.15, 0.2) is 0 Å². The summed E-state index contributed by atoms with van der Waals surface area (Å²) >= 11 is 5.95. The smallest absolute Gasteiger partial charge is 0.363 e. The van der Waals surface area contributed by atoms with E-state index in [1.807, 2.05) is 0 Å². The van der Waals surface area contributed by atoms with Crippen LogP contribution in [0.3, 0.4) is 0 Å². The van der Waals surface area contributed by atoms with E-state index >= 15 is 0 Å². The summed E-state index contributed by atoms with van der Waals surface area (Å²) in [5, 5.41) is 3.17. The Bertz CT molecular complexity index is 397. The molecule has 6 heteroatoms. The molecule has 0 aliphatic heterocycles. The monoisotopic (exact) mass is 278 g/mol. The number of hydrogen-bond donors (Lipinski definition) is 1. The second-order valence-electron chi connectivity index (χ2n) is 4.68. The Morgan fingerprint density at radius 2 is 1.94 bits per heavy atom. The van der Waals surface area contributed by atoms with E-state index in [4.69, 9.17) is 11.6 Å². The van der Waals surface area contributed by atoms with Gasteiger partial charge in [0.2, 0.25) is 0 Å². The van der Waals surface area contributed by atoms with Gasteiger partial charge in [-0.15, -0.1) is 11.6 Å². The van der Waals surface area contributed by atoms with Crippen LogP contribution in [0.5, 0.6) is 0 Å². The molecular formula is C12H14ClF3N2. The minimum atomic E-state index is -4.34. The fourth-order valence-electron chi connectivity index (χ4n) is 2.25. The SMILES string of the molecule is FC(F)(F)c1ccc(NC2(CCl)CCCC2)nc1. The fourth-order valence-corrected chi connectivity index (χ4v) is 2.59. The van der Waals surface area contributed by atoms with E-state index in [0.29, 0.717) is 11.7 Å². The van der Waals surface area contributed by atoms with E-state index in [1.54, 1.807) is 0 Å². The second kappa shape index (κ2) is 4.96. The van der Waals surface area contributed by atoms with Gasteiger partial charge in [0.1, 0.15) is 5.82 Å². The minimum Gasteiger partial charge on any atom is -0.363 e. The van der Waals surface area contributed by atoms with Gasteiger partial charge in [-0.2, -0.15) is 13.2 Å². The number of alkyl halides is 4. The van der Waals surface area contributed by atoms with Crippen molar-refractivity contribution in [3.05, 3.63) is 23.9 Å². The lowest BCUT2D eigenvalue weighted by Gasteiger charge is -2.28. The van der Waals surface area contributed by atoms with Crippen LogP contribution >= 0.6 is 11.6 Å². The summed E-state index contributed by atoms with van der Waals surface area (Å²) in [6, 6.07) is 2.39. The predicted octanol–water partition coefficient (Wildman–Crippen LogP) is 4.06. The molecule has 0 saturated heterocycles. The maximum atomic E-state index is 12.4. The Morgan fingerprint density at radius 3 is 2.39 bits per heavy atom. The molecule has 1 saturated carbocycles. The van der Waals surface area contributed by atoms with Crippen LogP contribution in [0.1, 0.15) is 31.2 Å². The zero-order valence-corrected chi connectivity index (χ0v) is 10.5. The summed E-state index contributed by atoms with van der Waals surface area (Å²) < 4.78 is 37.2. The van der Waals surface area contributed by atoms with Crippen molar-refractivity contribution in [2.24, 2.45) is 0 Å². The van der Waals surface area contributed by atoms with Gasteiger partial charge < -0.3 is 5.32 Å². The fraction of sp³-hybridized carbons (Fsp3) is 0.583. The number of halogens is 4. The Morgan fingerprint density at radius 1 is 1.28 bits per heavy atom. The topological polar surface area (TPSA) is 24.9 Å². The first-order valence-corrected chi connectivity index (χ1v) is 6.36. The Hall–Kier alpha value is -0.970. The van der Waals surface area contributed by atoms with E-state index in [-0.39, 0.29) is 5.54 Å². The quantitative estimate of drug-likeness (QED) is 0.843. The van der Waals surface area contributed by atoms with Gasteiger partial charge in [0, 0.05) is 12.1 Å². The molecule has 1 heterocycles. The van der Waals surface area contributed by atoms with Crippen molar-refractivity contribution in [1.82, 2.24) is 4.98 Å². The van der Waals surface area contributed by atoms with Crippen LogP contribution in [0.15, 0.2) is 18.3 Å². The number of nitrogens with zero attached hydrogens (tertiary/aromatic N) is 1. The number of aromatic nitrogens is 1. The predicted molar refractivity (Wildman–Crippen MR) is 64.8 cm³/mol. The van der Waals surface area contributed by atoms with Crippen LogP contribution in [-0.2, 0) is 6.18 Å². The van der Waals surface area contributed by atoms with Gasteiger partial charge in [0.05, 0.1) is 11.1 Å². The molecule has 1 aliphatic carbocycles. The lowest BCUT2D eigenvalue weighted by atomic mass is 10.0. The van der Waals surface area contributed by atoms with Gasteiger partial charge >= 0.3 is 6.18 Å². The van der Waals surface area contributed by atoms with Crippen molar-refractivity contribution in [2.45, 2.75) is 37.4 Å². The molecule has 0 aromatic carbocycles. The van der Waals surface area contributed by atoms with Gasteiger partial charge in [-0.1, -0.05) is 12.8 Å². The molecule has 1 fully saturated rings. The standard InChI is InChI=1S/C12H14ClF3N2/c13-8-11(5-1-2-6-11)18-10-4-3-9(7-17-10)12(14,15)16/h3-4,7H,1-2,5-6,8H2,(H,17,18). The summed E-state index contributed by atoms with van der Waals surface area (Å²) in [7, 11) is 0. The highest BCUT2D eigenvalue weighted by molar-refractivity contribution is 6.18. The number of pyridine rings is 1. The normalized spacial score (nSPS) is 18.9. The van der Waals surface area contributed by atoms with E-state index in [1.165, 1.54) is 6.07 Å². The van der Waals surface area contributed by atoms with E-state index < -0.39 is 11.7 Å². The molecule has 18 heavy (non-hydrogen) atoms. The van der Waals surface area contributed by atoms with Gasteiger partial charge in [0.25, 0.3) is 0 Å². The molecule has 1 aliphatic rings. The van der Waals surface area contributed by atoms with E-state index in [0.717, 1.165) is 37.9 Å². The lowest BCUT2D eigenvalue weighted by Crippen LogP contribution is -2.37. The first-order chi connectivity index (χ1) is 8.45. The molecular weight excluding hydrogens is 265 g/mol. The average Bonchev–Trinajstić information content (AvgIpc) is 2.78. The summed E-state index contributed by atoms with van der Waals surface area (Å²) in [6.45, 7) is 0. The van der Waals surface area contributed by atoms with E-state index in [9.17, 15) is 13.2 Å². The molecule has 0 radical (unpaired) electrons. The summed E-state index contributed by atoms with van der Waals surface area (Å²) in [5.41, 5.74) is -0.951. The third-order valence-electron chi connectivity index (χ3n) is 3.30. The Labute approximate surface area is 109 Å². The van der Waals surface area contributed by atoms with Crippen LogP contribution < -0.4 is 5.32 Å². The van der Waals surface area contributed by atoms with Crippen molar-refractivity contribution >= 4 is 17.4 Å². The van der Waals surface area contributed by atoms with Crippen LogP contribution in [0.2, 0.25) is 0 Å². The molecule has 100 valence electrons. The molecule has 0 amide bonds. The van der Waals surface area contributed by atoms with Gasteiger partial charge in [-0.3, -0.25) is 0 Å². The molecule has 0 bridgehead atoms. The van der Waals surface area contributed by atoms with Crippen molar-refractivity contribution in [3.63, 3.8) is 0 Å². The average molecular weight is 279 g/mol. The maximum absolute atomic E-state index is 12.4. The summed E-state index contributed by atoms with van der Waals surface area (Å²) in [4.78, 5) is 3.81. The van der Waals surface area contributed by atoms with E-state index in [2.05, 4.69) is 10.3 Å². The van der Waals surface area contributed by atoms with Crippen LogP contribution in [0.4, 0.5) is 19.0 Å². The number of hydrogen-bond acceptors (Lipinski definition) is 2. The van der Waals surface area contributed by atoms with Crippen molar-refractivity contribution in [1.29, 1.82) is 0 Å². The zero-order chi connectivity index (χ0) is 13.2. The number of anilines is 1. The van der Waals surface area contributed by atoms with Crippen LogP contribution in [0.25, 0.3) is 0 Å². The Kier molecular flexibility index (Phi) is 3.71. The number of nitrogens with one attached hydrogen (secondary N) is 1. The molecule has 2 nitrogen and oxygen atoms in total. The van der Waals surface area contributed by atoms with Crippen LogP contribution in [0, 0.1) is 0 Å². The van der Waals surface area contributed by atoms with Gasteiger partial charge in [-0.05, 0) is 25.0 Å². The second-order valence-corrected chi connectivity index (χ2v) is 4.94. The highest BCUT2D eigenvalue weighted by Gasteiger charge is 2.34. The summed E-state index contributed by atoms with van der Waals surface area (Å²) in [5.74, 6) is 0.890. The highest BCUT2D eigenvalue weighted by Crippen LogP contribution is 2.34. The molecule has 0 unspecified atom stereocenters. The molecule has 1 aromatic rings. The summed E-state index contributed by atoms with van der Waals surface area (Å²) in [6.07, 6.45) is 0.529. The van der Waals surface area contributed by atoms with Crippen LogP contribution in [-0.4, -0.2) is 16.4 Å². The molecule has 2 rings (SSSR count).